The molecule has 3 aromatic heterocycles. The van der Waals surface area contributed by atoms with Gasteiger partial charge in [0.15, 0.2) is 5.76 Å². The molecule has 1 aromatic carbocycles. The van der Waals surface area contributed by atoms with Crippen LogP contribution in [0, 0.1) is 6.92 Å². The second-order valence-electron chi connectivity index (χ2n) is 5.71. The minimum absolute atomic E-state index is 0.212. The van der Waals surface area contributed by atoms with Gasteiger partial charge in [0, 0.05) is 18.5 Å². The maximum Gasteiger partial charge on any atom is 0.271 e. The van der Waals surface area contributed by atoms with Gasteiger partial charge in [-0.1, -0.05) is 11.2 Å². The minimum Gasteiger partial charge on any atom is -0.355 e. The number of benzene rings is 1. The van der Waals surface area contributed by atoms with Gasteiger partial charge < -0.3 is 9.09 Å². The van der Waals surface area contributed by atoms with E-state index in [1.165, 1.54) is 6.20 Å². The van der Waals surface area contributed by atoms with Crippen molar-refractivity contribution in [3.8, 4) is 16.3 Å². The largest absolute Gasteiger partial charge is 0.355 e. The van der Waals surface area contributed by atoms with Crippen molar-refractivity contribution in [1.82, 2.24) is 9.72 Å². The lowest BCUT2D eigenvalue weighted by atomic mass is 10.2. The van der Waals surface area contributed by atoms with E-state index in [1.807, 2.05) is 54.2 Å². The molecule has 0 spiro atoms. The summed E-state index contributed by atoms with van der Waals surface area (Å²) in [6.45, 7) is 1.92. The Morgan fingerprint density at radius 2 is 1.92 bits per heavy atom. The van der Waals surface area contributed by atoms with E-state index in [4.69, 9.17) is 4.52 Å². The lowest BCUT2D eigenvalue weighted by Crippen LogP contribution is -2.13. The first-order valence-corrected chi connectivity index (χ1v) is 10.1. The topological polar surface area (TPSA) is 77.1 Å². The lowest BCUT2D eigenvalue weighted by Gasteiger charge is -2.13. The van der Waals surface area contributed by atoms with Crippen LogP contribution < -0.4 is 4.72 Å². The summed E-state index contributed by atoms with van der Waals surface area (Å²) in [5.41, 5.74) is 2.25. The van der Waals surface area contributed by atoms with Crippen molar-refractivity contribution in [3.63, 3.8) is 0 Å². The van der Waals surface area contributed by atoms with E-state index in [0.29, 0.717) is 16.3 Å². The van der Waals surface area contributed by atoms with Crippen LogP contribution >= 0.6 is 11.3 Å². The van der Waals surface area contributed by atoms with Gasteiger partial charge >= 0.3 is 0 Å². The molecule has 0 unspecified atom stereocenters. The van der Waals surface area contributed by atoms with Crippen molar-refractivity contribution in [2.75, 3.05) is 4.72 Å². The van der Waals surface area contributed by atoms with Gasteiger partial charge in [-0.2, -0.15) is 0 Å². The average molecular weight is 385 g/mol. The van der Waals surface area contributed by atoms with E-state index in [9.17, 15) is 8.42 Å². The fraction of sp³-hybridized carbons (Fsp3) is 0.0556. The van der Waals surface area contributed by atoms with Crippen LogP contribution in [-0.4, -0.2) is 18.1 Å². The molecule has 0 fully saturated rings. The Hall–Kier alpha value is -2.84. The van der Waals surface area contributed by atoms with Crippen LogP contribution in [0.3, 0.4) is 0 Å². The summed E-state index contributed by atoms with van der Waals surface area (Å²) in [6, 6.07) is 14.4. The van der Waals surface area contributed by atoms with Crippen molar-refractivity contribution >= 4 is 27.0 Å². The quantitative estimate of drug-likeness (QED) is 0.555. The van der Waals surface area contributed by atoms with Crippen molar-refractivity contribution in [2.24, 2.45) is 0 Å². The Bertz CT molecular complexity index is 1130. The first-order valence-electron chi connectivity index (χ1n) is 7.81. The fourth-order valence-electron chi connectivity index (χ4n) is 2.59. The summed E-state index contributed by atoms with van der Waals surface area (Å²) in [7, 11) is -3.72. The Morgan fingerprint density at radius 3 is 2.65 bits per heavy atom. The van der Waals surface area contributed by atoms with E-state index < -0.39 is 10.0 Å². The highest BCUT2D eigenvalue weighted by molar-refractivity contribution is 7.94. The molecule has 4 rings (SSSR count). The molecule has 3 heterocycles. The predicted octanol–water partition coefficient (Wildman–Crippen LogP) is 4.30. The number of sulfonamides is 1. The molecule has 6 nitrogen and oxygen atoms in total. The number of thiophene rings is 1. The maximum atomic E-state index is 12.9. The van der Waals surface area contributed by atoms with Crippen LogP contribution in [0.25, 0.3) is 16.3 Å². The van der Waals surface area contributed by atoms with Crippen LogP contribution in [0.1, 0.15) is 5.56 Å². The number of rotatable bonds is 5. The third-order valence-electron chi connectivity index (χ3n) is 3.81. The molecule has 132 valence electrons. The molecule has 8 heteroatoms. The predicted molar refractivity (Wildman–Crippen MR) is 101 cm³/mol. The third kappa shape index (κ3) is 3.16. The lowest BCUT2D eigenvalue weighted by molar-refractivity contribution is 0.433. The molecule has 0 radical (unpaired) electrons. The number of nitrogens with one attached hydrogen (secondary N) is 1. The van der Waals surface area contributed by atoms with Crippen LogP contribution in [-0.2, 0) is 10.0 Å². The summed E-state index contributed by atoms with van der Waals surface area (Å²) >= 11 is 1.13. The molecule has 26 heavy (non-hydrogen) atoms. The zero-order valence-electron chi connectivity index (χ0n) is 13.8. The Morgan fingerprint density at radius 1 is 1.12 bits per heavy atom. The molecule has 1 N–H and O–H groups in total. The highest BCUT2D eigenvalue weighted by Crippen LogP contribution is 2.32. The summed E-state index contributed by atoms with van der Waals surface area (Å²) in [6.07, 6.45) is 5.27. The number of hydrogen-bond donors (Lipinski definition) is 1. The molecular weight excluding hydrogens is 370 g/mol. The molecule has 4 aromatic rings. The number of aromatic nitrogens is 2. The monoisotopic (exact) mass is 385 g/mol. The first-order chi connectivity index (χ1) is 12.5. The van der Waals surface area contributed by atoms with E-state index in [2.05, 4.69) is 9.88 Å². The van der Waals surface area contributed by atoms with Crippen LogP contribution in [0.5, 0.6) is 0 Å². The van der Waals surface area contributed by atoms with Crippen LogP contribution in [0.4, 0.5) is 5.69 Å². The van der Waals surface area contributed by atoms with Crippen molar-refractivity contribution in [3.05, 3.63) is 72.7 Å². The first kappa shape index (κ1) is 16.6. The fourth-order valence-corrected chi connectivity index (χ4v) is 4.92. The normalized spacial score (nSPS) is 11.6. The summed E-state index contributed by atoms with van der Waals surface area (Å²) in [5.74, 6) is 0.542. The molecule has 0 aliphatic heterocycles. The highest BCUT2D eigenvalue weighted by Gasteiger charge is 2.20. The van der Waals surface area contributed by atoms with E-state index >= 15 is 0 Å². The molecule has 0 saturated carbocycles. The van der Waals surface area contributed by atoms with Gasteiger partial charge in [0.25, 0.3) is 10.0 Å². The molecule has 0 aliphatic carbocycles. The number of anilines is 1. The minimum atomic E-state index is -3.72. The van der Waals surface area contributed by atoms with Gasteiger partial charge in [-0.15, -0.1) is 11.3 Å². The highest BCUT2D eigenvalue weighted by atomic mass is 32.2. The summed E-state index contributed by atoms with van der Waals surface area (Å²) in [5, 5.41) is 3.65. The van der Waals surface area contributed by atoms with Gasteiger partial charge in [0.1, 0.15) is 4.21 Å². The third-order valence-corrected chi connectivity index (χ3v) is 6.76. The second kappa shape index (κ2) is 6.47. The zero-order chi connectivity index (χ0) is 18.1. The Labute approximate surface area is 154 Å². The Balaban J connectivity index is 1.70. The van der Waals surface area contributed by atoms with Crippen LogP contribution in [0.2, 0.25) is 0 Å². The van der Waals surface area contributed by atoms with Gasteiger partial charge in [0.05, 0.1) is 22.4 Å². The van der Waals surface area contributed by atoms with Gasteiger partial charge in [0.2, 0.25) is 0 Å². The Kier molecular flexibility index (Phi) is 4.14. The molecular formula is C18H15N3O3S2. The SMILES string of the molecule is Cc1ccc(-n2cccc2)c(NS(=O)(=O)c2ccc(-c3ccno3)s2)c1. The van der Waals surface area contributed by atoms with E-state index in [0.717, 1.165) is 22.6 Å². The molecule has 0 amide bonds. The molecule has 0 atom stereocenters. The zero-order valence-corrected chi connectivity index (χ0v) is 15.4. The summed E-state index contributed by atoms with van der Waals surface area (Å²) in [4.78, 5) is 0.706. The summed E-state index contributed by atoms with van der Waals surface area (Å²) < 4.78 is 35.6. The van der Waals surface area contributed by atoms with Gasteiger partial charge in [-0.3, -0.25) is 4.72 Å². The maximum absolute atomic E-state index is 12.9. The van der Waals surface area contributed by atoms with Gasteiger partial charge in [-0.25, -0.2) is 8.42 Å². The van der Waals surface area contributed by atoms with Crippen LogP contribution in [0.15, 0.2) is 75.9 Å². The smallest absolute Gasteiger partial charge is 0.271 e. The average Bonchev–Trinajstić information content (AvgIpc) is 3.35. The van der Waals surface area contributed by atoms with Crippen molar-refractivity contribution in [1.29, 1.82) is 0 Å². The number of nitrogens with zero attached hydrogens (tertiary/aromatic N) is 2. The number of hydrogen-bond acceptors (Lipinski definition) is 5. The van der Waals surface area contributed by atoms with E-state index in [1.54, 1.807) is 18.2 Å². The molecule has 0 saturated heterocycles. The second-order valence-corrected chi connectivity index (χ2v) is 8.70. The standard InChI is InChI=1S/C18H15N3O3S2/c1-13-4-5-15(21-10-2-3-11-21)14(12-13)20-26(22,23)18-7-6-17(25-18)16-8-9-19-24-16/h2-12,20H,1H3. The molecule has 0 aliphatic rings. The van der Waals surface area contributed by atoms with E-state index in [-0.39, 0.29) is 4.21 Å². The van der Waals surface area contributed by atoms with Crippen molar-refractivity contribution in [2.45, 2.75) is 11.1 Å². The van der Waals surface area contributed by atoms with Gasteiger partial charge in [-0.05, 0) is 48.9 Å². The molecule has 0 bridgehead atoms. The number of aryl methyl sites for hydroxylation is 1. The van der Waals surface area contributed by atoms with Crippen molar-refractivity contribution < 1.29 is 12.9 Å².